The number of hydrogen-bond acceptors (Lipinski definition) is 5. The van der Waals surface area contributed by atoms with Gasteiger partial charge in [0.1, 0.15) is 18.1 Å². The van der Waals surface area contributed by atoms with Crippen molar-refractivity contribution in [2.45, 2.75) is 6.42 Å². The van der Waals surface area contributed by atoms with E-state index >= 15 is 0 Å². The van der Waals surface area contributed by atoms with Crippen LogP contribution in [0.4, 0.5) is 0 Å². The molecule has 1 saturated heterocycles. The van der Waals surface area contributed by atoms with Gasteiger partial charge in [0.25, 0.3) is 0 Å². The Labute approximate surface area is 185 Å². The van der Waals surface area contributed by atoms with Gasteiger partial charge in [0, 0.05) is 27.8 Å². The summed E-state index contributed by atoms with van der Waals surface area (Å²) in [5.74, 6) is 1.02. The van der Waals surface area contributed by atoms with E-state index in [1.165, 1.54) is 30.8 Å². The minimum atomic E-state index is -0.00818. The van der Waals surface area contributed by atoms with Crippen molar-refractivity contribution >= 4 is 27.2 Å². The largest absolute Gasteiger partial charge is 0.508 e. The smallest absolute Gasteiger partial charge is 0.203 e. The molecule has 156 valence electrons. The second kappa shape index (κ2) is 8.53. The highest BCUT2D eigenvalue weighted by Gasteiger charge is 2.21. The molecule has 1 fully saturated rings. The Bertz CT molecular complexity index is 1210. The van der Waals surface area contributed by atoms with Crippen LogP contribution < -0.4 is 4.74 Å². The highest BCUT2D eigenvalue weighted by Crippen LogP contribution is 2.41. The second-order valence-electron chi connectivity index (χ2n) is 7.75. The maximum Gasteiger partial charge on any atom is 0.203 e. The zero-order valence-electron chi connectivity index (χ0n) is 17.1. The van der Waals surface area contributed by atoms with Crippen molar-refractivity contribution in [2.24, 2.45) is 0 Å². The van der Waals surface area contributed by atoms with E-state index in [9.17, 15) is 9.90 Å². The molecule has 4 nitrogen and oxygen atoms in total. The molecule has 1 aliphatic heterocycles. The fourth-order valence-electron chi connectivity index (χ4n) is 3.87. The van der Waals surface area contributed by atoms with Crippen LogP contribution in [0.2, 0.25) is 0 Å². The van der Waals surface area contributed by atoms with E-state index in [4.69, 9.17) is 4.74 Å². The molecule has 0 saturated carbocycles. The predicted molar refractivity (Wildman–Crippen MR) is 125 cm³/mol. The third-order valence-corrected chi connectivity index (χ3v) is 6.84. The van der Waals surface area contributed by atoms with Crippen LogP contribution >= 0.6 is 11.3 Å². The lowest BCUT2D eigenvalue weighted by Crippen LogP contribution is -2.39. The van der Waals surface area contributed by atoms with E-state index in [0.29, 0.717) is 17.0 Å². The topological polar surface area (TPSA) is 49.8 Å². The lowest BCUT2D eigenvalue weighted by molar-refractivity contribution is 0.104. The Morgan fingerprint density at radius 3 is 2.48 bits per heavy atom. The average Bonchev–Trinajstić information content (AvgIpc) is 3.14. The highest BCUT2D eigenvalue weighted by molar-refractivity contribution is 7.21. The van der Waals surface area contributed by atoms with Crippen molar-refractivity contribution in [1.29, 1.82) is 0 Å². The summed E-state index contributed by atoms with van der Waals surface area (Å²) in [6.07, 6.45) is 1.28. The highest BCUT2D eigenvalue weighted by atomic mass is 32.1. The van der Waals surface area contributed by atoms with E-state index in [0.717, 1.165) is 33.5 Å². The van der Waals surface area contributed by atoms with Gasteiger partial charge in [-0.1, -0.05) is 42.5 Å². The molecule has 3 aromatic carbocycles. The number of hydrogen-bond donors (Lipinski definition) is 1. The lowest BCUT2D eigenvalue weighted by atomic mass is 9.98. The lowest BCUT2D eigenvalue weighted by Gasteiger charge is -2.30. The van der Waals surface area contributed by atoms with Crippen molar-refractivity contribution in [3.05, 3.63) is 83.2 Å². The SMILES string of the molecule is O=C(c1ccccc1)c1sc2cc(O)ccc2c1-c1ccc(OCCN2CCC2)cc1. The average molecular weight is 430 g/mol. The van der Waals surface area contributed by atoms with Crippen LogP contribution in [-0.4, -0.2) is 42.0 Å². The molecule has 0 unspecified atom stereocenters. The third-order valence-electron chi connectivity index (χ3n) is 5.68. The van der Waals surface area contributed by atoms with Gasteiger partial charge in [0.05, 0.1) is 4.88 Å². The number of benzene rings is 3. The molecule has 0 atom stereocenters. The Morgan fingerprint density at radius 1 is 1.00 bits per heavy atom. The van der Waals surface area contributed by atoms with Crippen LogP contribution in [-0.2, 0) is 0 Å². The molecular weight excluding hydrogens is 406 g/mol. The van der Waals surface area contributed by atoms with Crippen molar-refractivity contribution in [2.75, 3.05) is 26.2 Å². The standard InChI is InChI=1S/C26H23NO3S/c28-20-9-12-22-23(17-20)31-26(25(29)19-5-2-1-3-6-19)24(22)18-7-10-21(11-8-18)30-16-15-27-13-4-14-27/h1-3,5-12,17,28H,4,13-16H2. The summed E-state index contributed by atoms with van der Waals surface area (Å²) in [6, 6.07) is 22.5. The number of thiophene rings is 1. The molecule has 2 heterocycles. The summed E-state index contributed by atoms with van der Waals surface area (Å²) in [5.41, 5.74) is 2.53. The normalized spacial score (nSPS) is 13.8. The van der Waals surface area contributed by atoms with Crippen molar-refractivity contribution in [3.8, 4) is 22.6 Å². The number of likely N-dealkylation sites (tertiary alicyclic amines) is 1. The van der Waals surface area contributed by atoms with E-state index in [1.807, 2.05) is 60.7 Å². The summed E-state index contributed by atoms with van der Waals surface area (Å²) < 4.78 is 6.79. The molecule has 1 aromatic heterocycles. The summed E-state index contributed by atoms with van der Waals surface area (Å²) in [4.78, 5) is 16.4. The first kappa shape index (κ1) is 19.8. The maximum absolute atomic E-state index is 13.3. The molecule has 1 aliphatic rings. The molecule has 5 rings (SSSR count). The number of ether oxygens (including phenoxy) is 1. The molecule has 0 spiro atoms. The minimum absolute atomic E-state index is 0.00818. The van der Waals surface area contributed by atoms with Gasteiger partial charge in [-0.2, -0.15) is 0 Å². The van der Waals surface area contributed by atoms with E-state index in [1.54, 1.807) is 12.1 Å². The monoisotopic (exact) mass is 429 g/mol. The fraction of sp³-hybridized carbons (Fsp3) is 0.192. The van der Waals surface area contributed by atoms with Gasteiger partial charge in [-0.25, -0.2) is 0 Å². The first-order valence-corrected chi connectivity index (χ1v) is 11.3. The van der Waals surface area contributed by atoms with Crippen LogP contribution in [0.15, 0.2) is 72.8 Å². The zero-order valence-corrected chi connectivity index (χ0v) is 17.9. The van der Waals surface area contributed by atoms with Gasteiger partial charge in [-0.3, -0.25) is 9.69 Å². The van der Waals surface area contributed by atoms with Gasteiger partial charge in [-0.15, -0.1) is 11.3 Å². The first-order chi connectivity index (χ1) is 15.2. The molecule has 4 aromatic rings. The maximum atomic E-state index is 13.3. The van der Waals surface area contributed by atoms with Gasteiger partial charge >= 0.3 is 0 Å². The summed E-state index contributed by atoms with van der Waals surface area (Å²) in [6.45, 7) is 3.97. The van der Waals surface area contributed by atoms with Crippen LogP contribution in [0.5, 0.6) is 11.5 Å². The molecule has 0 bridgehead atoms. The number of phenols is 1. The molecule has 0 amide bonds. The summed E-state index contributed by atoms with van der Waals surface area (Å²) in [5, 5.41) is 10.9. The minimum Gasteiger partial charge on any atom is -0.508 e. The number of carbonyl (C=O) groups excluding carboxylic acids is 1. The van der Waals surface area contributed by atoms with Crippen molar-refractivity contribution in [1.82, 2.24) is 4.90 Å². The number of rotatable bonds is 7. The van der Waals surface area contributed by atoms with E-state index < -0.39 is 0 Å². The van der Waals surface area contributed by atoms with Crippen LogP contribution in [0.3, 0.4) is 0 Å². The molecule has 0 radical (unpaired) electrons. The van der Waals surface area contributed by atoms with Crippen molar-refractivity contribution < 1.29 is 14.6 Å². The number of aromatic hydroxyl groups is 1. The van der Waals surface area contributed by atoms with Gasteiger partial charge < -0.3 is 9.84 Å². The number of ketones is 1. The van der Waals surface area contributed by atoms with E-state index in [-0.39, 0.29) is 11.5 Å². The Balaban J connectivity index is 1.48. The molecule has 0 aliphatic carbocycles. The first-order valence-electron chi connectivity index (χ1n) is 10.5. The number of phenolic OH excluding ortho intramolecular Hbond substituents is 1. The number of nitrogens with zero attached hydrogens (tertiary/aromatic N) is 1. The number of fused-ring (bicyclic) bond motifs is 1. The van der Waals surface area contributed by atoms with Gasteiger partial charge in [0.15, 0.2) is 0 Å². The van der Waals surface area contributed by atoms with Gasteiger partial charge in [0.2, 0.25) is 5.78 Å². The second-order valence-corrected chi connectivity index (χ2v) is 8.80. The summed E-state index contributed by atoms with van der Waals surface area (Å²) in [7, 11) is 0. The molecular formula is C26H23NO3S. The van der Waals surface area contributed by atoms with Crippen LogP contribution in [0.25, 0.3) is 21.2 Å². The Hall–Kier alpha value is -3.15. The molecule has 31 heavy (non-hydrogen) atoms. The number of carbonyl (C=O) groups is 1. The molecule has 5 heteroatoms. The third kappa shape index (κ3) is 4.07. The molecule has 1 N–H and O–H groups in total. The zero-order chi connectivity index (χ0) is 21.2. The van der Waals surface area contributed by atoms with Gasteiger partial charge in [-0.05, 0) is 55.4 Å². The van der Waals surface area contributed by atoms with Crippen LogP contribution in [0.1, 0.15) is 21.7 Å². The van der Waals surface area contributed by atoms with Crippen LogP contribution in [0, 0.1) is 0 Å². The Morgan fingerprint density at radius 2 is 1.77 bits per heavy atom. The predicted octanol–water partition coefficient (Wildman–Crippen LogP) is 5.59. The van der Waals surface area contributed by atoms with E-state index in [2.05, 4.69) is 4.90 Å². The van der Waals surface area contributed by atoms with Crippen molar-refractivity contribution in [3.63, 3.8) is 0 Å². The quantitative estimate of drug-likeness (QED) is 0.389. The summed E-state index contributed by atoms with van der Waals surface area (Å²) >= 11 is 1.42. The fourth-order valence-corrected chi connectivity index (χ4v) is 5.09. The Kier molecular flexibility index (Phi) is 5.45.